The molecule has 0 spiro atoms. The molecule has 5 nitrogen and oxygen atoms in total. The Morgan fingerprint density at radius 3 is 2.67 bits per heavy atom. The minimum atomic E-state index is -0.952. The lowest BCUT2D eigenvalue weighted by molar-refractivity contribution is -0.0713. The molecule has 3 aliphatic rings. The van der Waals surface area contributed by atoms with E-state index in [0.717, 1.165) is 49.3 Å². The van der Waals surface area contributed by atoms with E-state index in [1.165, 1.54) is 5.56 Å². The first-order valence-corrected chi connectivity index (χ1v) is 10.5. The van der Waals surface area contributed by atoms with Gasteiger partial charge in [-0.1, -0.05) is 36.3 Å². The fourth-order valence-corrected chi connectivity index (χ4v) is 4.49. The molecule has 0 aliphatic carbocycles. The first-order chi connectivity index (χ1) is 14.7. The molecule has 3 fully saturated rings. The monoisotopic (exact) mass is 396 g/mol. The zero-order valence-electron chi connectivity index (χ0n) is 16.8. The van der Waals surface area contributed by atoms with E-state index in [1.54, 1.807) is 18.6 Å². The highest BCUT2D eigenvalue weighted by atomic mass is 16.3. The summed E-state index contributed by atoms with van der Waals surface area (Å²) in [5.41, 5.74) is 3.37. The van der Waals surface area contributed by atoms with Gasteiger partial charge in [0.05, 0.1) is 17.6 Å². The Hall–Kier alpha value is -3.07. The molecule has 1 aromatic carbocycles. The highest BCUT2D eigenvalue weighted by Crippen LogP contribution is 2.35. The van der Waals surface area contributed by atoms with Gasteiger partial charge in [0.2, 0.25) is 0 Å². The van der Waals surface area contributed by atoms with E-state index < -0.39 is 5.60 Å². The van der Waals surface area contributed by atoms with Crippen LogP contribution in [0.25, 0.3) is 11.3 Å². The van der Waals surface area contributed by atoms with E-state index in [1.807, 2.05) is 30.3 Å². The van der Waals surface area contributed by atoms with Gasteiger partial charge in [0, 0.05) is 36.8 Å². The first-order valence-electron chi connectivity index (χ1n) is 10.5. The second-order valence-corrected chi connectivity index (χ2v) is 8.18. The summed E-state index contributed by atoms with van der Waals surface area (Å²) in [7, 11) is 0. The van der Waals surface area contributed by atoms with Gasteiger partial charge in [-0.05, 0) is 49.5 Å². The molecule has 30 heavy (non-hydrogen) atoms. The lowest BCUT2D eigenvalue weighted by Crippen LogP contribution is -2.58. The molecule has 3 saturated heterocycles. The average Bonchev–Trinajstić information content (AvgIpc) is 2.79. The standard InChI is InChI=1S/C25H24N4O/c30-25(18-29-13-9-20(25)10-14-29)11-8-23-22(7-4-12-27-23)24-17-26-16-21(28-24)15-19-5-2-1-3-6-19/h1-7,12,16-17,20,30H,9-10,13-15,18H2. The van der Waals surface area contributed by atoms with Gasteiger partial charge < -0.3 is 5.11 Å². The summed E-state index contributed by atoms with van der Waals surface area (Å²) in [6.45, 7) is 2.75. The van der Waals surface area contributed by atoms with Crippen molar-refractivity contribution in [1.82, 2.24) is 19.9 Å². The van der Waals surface area contributed by atoms with Crippen LogP contribution < -0.4 is 0 Å². The van der Waals surface area contributed by atoms with E-state index in [0.29, 0.717) is 12.2 Å². The van der Waals surface area contributed by atoms with Crippen molar-refractivity contribution in [3.05, 3.63) is 78.0 Å². The van der Waals surface area contributed by atoms with Crippen LogP contribution in [0.2, 0.25) is 0 Å². The number of fused-ring (bicyclic) bond motifs is 3. The number of aromatic nitrogens is 3. The Balaban J connectivity index is 1.44. The van der Waals surface area contributed by atoms with Crippen LogP contribution in [0.5, 0.6) is 0 Å². The molecule has 0 saturated carbocycles. The van der Waals surface area contributed by atoms with E-state index in [2.05, 4.69) is 38.8 Å². The largest absolute Gasteiger partial charge is 0.376 e. The van der Waals surface area contributed by atoms with Crippen LogP contribution in [0.15, 0.2) is 61.1 Å². The number of benzene rings is 1. The molecule has 6 rings (SSSR count). The third kappa shape index (κ3) is 3.85. The summed E-state index contributed by atoms with van der Waals surface area (Å²) in [4.78, 5) is 16.0. The zero-order chi connectivity index (χ0) is 20.4. The maximum absolute atomic E-state index is 11.1. The van der Waals surface area contributed by atoms with Crippen molar-refractivity contribution in [2.45, 2.75) is 24.9 Å². The molecule has 1 N–H and O–H groups in total. The molecule has 1 atom stereocenters. The van der Waals surface area contributed by atoms with E-state index in [-0.39, 0.29) is 5.92 Å². The molecule has 150 valence electrons. The van der Waals surface area contributed by atoms with Crippen LogP contribution in [0.3, 0.4) is 0 Å². The van der Waals surface area contributed by atoms with Gasteiger partial charge in [-0.15, -0.1) is 0 Å². The Bertz CT molecular complexity index is 1100. The van der Waals surface area contributed by atoms with E-state index in [9.17, 15) is 5.11 Å². The summed E-state index contributed by atoms with van der Waals surface area (Å²) in [5.74, 6) is 6.58. The number of rotatable bonds is 3. The van der Waals surface area contributed by atoms with Gasteiger partial charge in [0.25, 0.3) is 0 Å². The fourth-order valence-electron chi connectivity index (χ4n) is 4.49. The summed E-state index contributed by atoms with van der Waals surface area (Å²) in [6.07, 6.45) is 8.02. The van der Waals surface area contributed by atoms with Crippen molar-refractivity contribution < 1.29 is 5.11 Å². The molecule has 5 heterocycles. The van der Waals surface area contributed by atoms with Crippen molar-refractivity contribution >= 4 is 0 Å². The van der Waals surface area contributed by atoms with E-state index in [4.69, 9.17) is 4.98 Å². The number of hydrogen-bond acceptors (Lipinski definition) is 5. The lowest BCUT2D eigenvalue weighted by atomic mass is 9.76. The van der Waals surface area contributed by atoms with Crippen LogP contribution in [-0.4, -0.2) is 50.2 Å². The van der Waals surface area contributed by atoms with Crippen LogP contribution in [-0.2, 0) is 6.42 Å². The number of piperidine rings is 3. The molecular weight excluding hydrogens is 372 g/mol. The van der Waals surface area contributed by atoms with Crippen molar-refractivity contribution in [3.63, 3.8) is 0 Å². The highest BCUT2D eigenvalue weighted by Gasteiger charge is 2.44. The van der Waals surface area contributed by atoms with Gasteiger partial charge in [0.1, 0.15) is 11.3 Å². The third-order valence-corrected chi connectivity index (χ3v) is 6.12. The fraction of sp³-hybridized carbons (Fsp3) is 0.320. The normalized spacial score (nSPS) is 24.8. The Morgan fingerprint density at radius 1 is 1.07 bits per heavy atom. The predicted molar refractivity (Wildman–Crippen MR) is 116 cm³/mol. The zero-order valence-corrected chi connectivity index (χ0v) is 16.8. The van der Waals surface area contributed by atoms with Crippen molar-refractivity contribution in [3.8, 4) is 23.1 Å². The van der Waals surface area contributed by atoms with Gasteiger partial charge in [-0.3, -0.25) is 9.88 Å². The lowest BCUT2D eigenvalue weighted by Gasteiger charge is -2.47. The molecule has 1 unspecified atom stereocenters. The molecule has 2 aromatic heterocycles. The Kier molecular flexibility index (Phi) is 5.04. The maximum atomic E-state index is 11.1. The molecule has 3 aliphatic heterocycles. The van der Waals surface area contributed by atoms with Crippen molar-refractivity contribution in [2.75, 3.05) is 19.6 Å². The summed E-state index contributed by atoms with van der Waals surface area (Å²) >= 11 is 0. The summed E-state index contributed by atoms with van der Waals surface area (Å²) < 4.78 is 0. The molecule has 5 heteroatoms. The summed E-state index contributed by atoms with van der Waals surface area (Å²) in [6, 6.07) is 14.1. The Labute approximate surface area is 176 Å². The SMILES string of the molecule is OC1(C#Cc2ncccc2-c2cncc(Cc3ccccc3)n2)CN2CCC1CC2. The highest BCUT2D eigenvalue weighted by molar-refractivity contribution is 5.65. The average molecular weight is 396 g/mol. The molecule has 0 amide bonds. The van der Waals surface area contributed by atoms with E-state index >= 15 is 0 Å². The Morgan fingerprint density at radius 2 is 1.90 bits per heavy atom. The van der Waals surface area contributed by atoms with Gasteiger partial charge >= 0.3 is 0 Å². The second-order valence-electron chi connectivity index (χ2n) is 8.18. The number of pyridine rings is 1. The minimum absolute atomic E-state index is 0.246. The number of hydrogen-bond donors (Lipinski definition) is 1. The topological polar surface area (TPSA) is 62.1 Å². The van der Waals surface area contributed by atoms with Crippen molar-refractivity contribution in [2.24, 2.45) is 5.92 Å². The van der Waals surface area contributed by atoms with Crippen LogP contribution >= 0.6 is 0 Å². The first kappa shape index (κ1) is 18.9. The van der Waals surface area contributed by atoms with Crippen molar-refractivity contribution in [1.29, 1.82) is 0 Å². The smallest absolute Gasteiger partial charge is 0.141 e. The van der Waals surface area contributed by atoms with Gasteiger partial charge in [-0.2, -0.15) is 0 Å². The predicted octanol–water partition coefficient (Wildman–Crippen LogP) is 2.94. The quantitative estimate of drug-likeness (QED) is 0.690. The molecule has 3 aromatic rings. The molecular formula is C25H24N4O. The third-order valence-electron chi connectivity index (χ3n) is 6.12. The molecule has 0 radical (unpaired) electrons. The van der Waals surface area contributed by atoms with Crippen LogP contribution in [0.1, 0.15) is 29.8 Å². The van der Waals surface area contributed by atoms with Gasteiger partial charge in [0.15, 0.2) is 0 Å². The van der Waals surface area contributed by atoms with Crippen LogP contribution in [0.4, 0.5) is 0 Å². The minimum Gasteiger partial charge on any atom is -0.376 e. The van der Waals surface area contributed by atoms with Crippen LogP contribution in [0, 0.1) is 17.8 Å². The number of nitrogens with zero attached hydrogens (tertiary/aromatic N) is 4. The van der Waals surface area contributed by atoms with Gasteiger partial charge in [-0.25, -0.2) is 9.97 Å². The second kappa shape index (κ2) is 7.98. The molecule has 2 bridgehead atoms. The number of aliphatic hydroxyl groups is 1. The maximum Gasteiger partial charge on any atom is 0.141 e. The summed E-state index contributed by atoms with van der Waals surface area (Å²) in [5, 5.41) is 11.1.